The molecule has 0 aromatic heterocycles. The van der Waals surface area contributed by atoms with Crippen LogP contribution in [0.1, 0.15) is 6.42 Å². The van der Waals surface area contributed by atoms with Crippen LogP contribution in [0.2, 0.25) is 0 Å². The lowest BCUT2D eigenvalue weighted by Crippen LogP contribution is -2.30. The van der Waals surface area contributed by atoms with Gasteiger partial charge in [-0.15, -0.1) is 0 Å². The molecule has 1 aromatic carbocycles. The quantitative estimate of drug-likeness (QED) is 0.723. The molecule has 0 bridgehead atoms. The van der Waals surface area contributed by atoms with Crippen LogP contribution in [0.3, 0.4) is 0 Å². The summed E-state index contributed by atoms with van der Waals surface area (Å²) in [5, 5.41) is 8.93. The molecule has 1 N–H and O–H groups in total. The molecule has 1 fully saturated rings. The summed E-state index contributed by atoms with van der Waals surface area (Å²) in [6, 6.07) is 4.72. The zero-order valence-electron chi connectivity index (χ0n) is 13.3. The molecule has 2 atom stereocenters. The fourth-order valence-corrected chi connectivity index (χ4v) is 2.71. The minimum Gasteiger partial charge on any atom is -0.492 e. The van der Waals surface area contributed by atoms with E-state index in [1.165, 1.54) is 18.1 Å². The Labute approximate surface area is 150 Å². The molecule has 1 aliphatic heterocycles. The van der Waals surface area contributed by atoms with Gasteiger partial charge in [-0.05, 0) is 34.1 Å². The lowest BCUT2D eigenvalue weighted by molar-refractivity contribution is -0.206. The Bertz CT molecular complexity index is 613. The highest BCUT2D eigenvalue weighted by atomic mass is 79.9. The molecular formula is C15H17BrF3NO5. The number of aliphatic hydroxyl groups excluding tert-OH is 1. The summed E-state index contributed by atoms with van der Waals surface area (Å²) in [5.74, 6) is 0.305. The number of alkyl halides is 3. The summed E-state index contributed by atoms with van der Waals surface area (Å²) in [4.78, 5) is 13.3. The van der Waals surface area contributed by atoms with Crippen molar-refractivity contribution in [2.45, 2.75) is 24.8 Å². The second-order valence-corrected chi connectivity index (χ2v) is 6.24. The van der Waals surface area contributed by atoms with Crippen molar-refractivity contribution in [2.24, 2.45) is 0 Å². The first-order valence-corrected chi connectivity index (χ1v) is 8.16. The number of halogens is 4. The molecule has 0 spiro atoms. The molecular weight excluding hydrogens is 411 g/mol. The Hall–Kier alpha value is -1.52. The lowest BCUT2D eigenvalue weighted by Gasteiger charge is -2.17. The molecule has 0 saturated carbocycles. The first kappa shape index (κ1) is 19.8. The number of amides is 1. The number of benzene rings is 1. The number of rotatable bonds is 7. The zero-order valence-corrected chi connectivity index (χ0v) is 14.8. The van der Waals surface area contributed by atoms with Gasteiger partial charge >= 0.3 is 12.3 Å². The minimum atomic E-state index is -4.67. The molecule has 1 aromatic rings. The predicted octanol–water partition coefficient (Wildman–Crippen LogP) is 3.11. The van der Waals surface area contributed by atoms with E-state index in [0.717, 1.165) is 0 Å². The van der Waals surface area contributed by atoms with Crippen LogP contribution in [0.25, 0.3) is 0 Å². The Balaban J connectivity index is 1.95. The first-order chi connectivity index (χ1) is 11.7. The van der Waals surface area contributed by atoms with Gasteiger partial charge in [0.25, 0.3) is 0 Å². The number of cyclic esters (lactones) is 1. The molecule has 1 amide bonds. The third-order valence-electron chi connectivity index (χ3n) is 3.48. The van der Waals surface area contributed by atoms with Crippen molar-refractivity contribution in [3.8, 4) is 5.75 Å². The molecule has 6 nitrogen and oxygen atoms in total. The molecule has 0 aliphatic carbocycles. The number of hydrogen-bond donors (Lipinski definition) is 1. The van der Waals surface area contributed by atoms with E-state index in [1.54, 1.807) is 12.1 Å². The molecule has 1 saturated heterocycles. The number of carbonyl (C=O) groups is 1. The van der Waals surface area contributed by atoms with Crippen LogP contribution >= 0.6 is 15.9 Å². The first-order valence-electron chi connectivity index (χ1n) is 7.36. The van der Waals surface area contributed by atoms with E-state index in [2.05, 4.69) is 15.9 Å². The molecule has 140 valence electrons. The van der Waals surface area contributed by atoms with Gasteiger partial charge in [0, 0.05) is 19.2 Å². The van der Waals surface area contributed by atoms with E-state index in [-0.39, 0.29) is 19.3 Å². The van der Waals surface area contributed by atoms with Gasteiger partial charge in [0.1, 0.15) is 11.9 Å². The summed E-state index contributed by atoms with van der Waals surface area (Å²) in [7, 11) is 1.51. The van der Waals surface area contributed by atoms with Crippen LogP contribution in [0.15, 0.2) is 22.7 Å². The van der Waals surface area contributed by atoms with Crippen LogP contribution in [0.4, 0.5) is 23.7 Å². The number of anilines is 1. The van der Waals surface area contributed by atoms with Crippen LogP contribution in [-0.4, -0.2) is 56.5 Å². The molecule has 1 heterocycles. The highest BCUT2D eigenvalue weighted by Crippen LogP contribution is 2.32. The van der Waals surface area contributed by atoms with Crippen LogP contribution in [0, 0.1) is 0 Å². The smallest absolute Gasteiger partial charge is 0.414 e. The average molecular weight is 428 g/mol. The summed E-state index contributed by atoms with van der Waals surface area (Å²) < 4.78 is 52.5. The summed E-state index contributed by atoms with van der Waals surface area (Å²) >= 11 is 3.25. The zero-order chi connectivity index (χ0) is 18.6. The number of methoxy groups -OCH3 is 1. The molecule has 2 rings (SSSR count). The Kier molecular flexibility index (Phi) is 6.53. The van der Waals surface area contributed by atoms with Crippen LogP contribution in [-0.2, 0) is 9.47 Å². The number of ether oxygens (including phenoxy) is 3. The largest absolute Gasteiger partial charge is 0.492 e. The topological polar surface area (TPSA) is 68.2 Å². The van der Waals surface area contributed by atoms with E-state index in [0.29, 0.717) is 22.5 Å². The van der Waals surface area contributed by atoms with Crippen molar-refractivity contribution < 1.29 is 37.3 Å². The van der Waals surface area contributed by atoms with Gasteiger partial charge in [-0.25, -0.2) is 4.79 Å². The third kappa shape index (κ3) is 5.23. The third-order valence-corrected chi connectivity index (χ3v) is 4.10. The normalized spacial score (nSPS) is 19.0. The van der Waals surface area contributed by atoms with Crippen molar-refractivity contribution >= 4 is 27.7 Å². The minimum absolute atomic E-state index is 0.284. The SMILES string of the molecule is COCC1CN(c2ccc(OCC[C@@H](O)C(F)(F)F)c(Br)c2)C(=O)O1. The predicted molar refractivity (Wildman–Crippen MR) is 85.8 cm³/mol. The molecule has 0 radical (unpaired) electrons. The number of nitrogens with zero attached hydrogens (tertiary/aromatic N) is 1. The van der Waals surface area contributed by atoms with Gasteiger partial charge in [-0.2, -0.15) is 13.2 Å². The number of hydrogen-bond acceptors (Lipinski definition) is 5. The van der Waals surface area contributed by atoms with Crippen molar-refractivity contribution in [1.82, 2.24) is 0 Å². The van der Waals surface area contributed by atoms with Crippen molar-refractivity contribution in [3.05, 3.63) is 22.7 Å². The Morgan fingerprint density at radius 1 is 1.48 bits per heavy atom. The molecule has 1 aliphatic rings. The monoisotopic (exact) mass is 427 g/mol. The van der Waals surface area contributed by atoms with Crippen LogP contribution in [0.5, 0.6) is 5.75 Å². The van der Waals surface area contributed by atoms with Gasteiger partial charge in [-0.3, -0.25) is 4.90 Å². The summed E-state index contributed by atoms with van der Waals surface area (Å²) in [5.41, 5.74) is 0.554. The van der Waals surface area contributed by atoms with Gasteiger partial charge in [-0.1, -0.05) is 0 Å². The number of aliphatic hydroxyl groups is 1. The Morgan fingerprint density at radius 2 is 2.20 bits per heavy atom. The fraction of sp³-hybridized carbons (Fsp3) is 0.533. The van der Waals surface area contributed by atoms with Crippen molar-refractivity contribution in [1.29, 1.82) is 0 Å². The van der Waals surface area contributed by atoms with Crippen molar-refractivity contribution in [3.63, 3.8) is 0 Å². The number of carbonyl (C=O) groups excluding carboxylic acids is 1. The lowest BCUT2D eigenvalue weighted by atomic mass is 10.2. The van der Waals surface area contributed by atoms with E-state index in [9.17, 15) is 18.0 Å². The highest BCUT2D eigenvalue weighted by Gasteiger charge is 2.37. The molecule has 10 heteroatoms. The fourth-order valence-electron chi connectivity index (χ4n) is 2.22. The van der Waals surface area contributed by atoms with E-state index in [4.69, 9.17) is 19.3 Å². The summed E-state index contributed by atoms with van der Waals surface area (Å²) in [6.45, 7) is 0.309. The van der Waals surface area contributed by atoms with E-state index < -0.39 is 24.8 Å². The van der Waals surface area contributed by atoms with Gasteiger partial charge < -0.3 is 19.3 Å². The van der Waals surface area contributed by atoms with E-state index >= 15 is 0 Å². The maximum absolute atomic E-state index is 12.2. The van der Waals surface area contributed by atoms with Gasteiger partial charge in [0.15, 0.2) is 6.10 Å². The Morgan fingerprint density at radius 3 is 2.80 bits per heavy atom. The standard InChI is InChI=1S/C15H17BrF3NO5/c1-23-8-10-7-20(14(22)25-10)9-2-3-12(11(16)6-9)24-5-4-13(21)15(17,18)19/h2-3,6,10,13,21H,4-5,7-8H2,1H3/t10?,13-/m1/s1. The second kappa shape index (κ2) is 8.24. The van der Waals surface area contributed by atoms with E-state index in [1.807, 2.05) is 0 Å². The van der Waals surface area contributed by atoms with Crippen molar-refractivity contribution in [2.75, 3.05) is 31.8 Å². The maximum Gasteiger partial charge on any atom is 0.414 e. The van der Waals surface area contributed by atoms with Gasteiger partial charge in [0.05, 0.1) is 24.2 Å². The second-order valence-electron chi connectivity index (χ2n) is 5.38. The van der Waals surface area contributed by atoms with Gasteiger partial charge in [0.2, 0.25) is 0 Å². The van der Waals surface area contributed by atoms with Crippen LogP contribution < -0.4 is 9.64 Å². The average Bonchev–Trinajstić information content (AvgIpc) is 2.88. The molecule has 1 unspecified atom stereocenters. The highest BCUT2D eigenvalue weighted by molar-refractivity contribution is 9.10. The molecule has 25 heavy (non-hydrogen) atoms. The summed E-state index contributed by atoms with van der Waals surface area (Å²) in [6.07, 6.45) is -8.54. The maximum atomic E-state index is 12.2.